The van der Waals surface area contributed by atoms with Crippen molar-refractivity contribution in [2.75, 3.05) is 13.6 Å². The summed E-state index contributed by atoms with van der Waals surface area (Å²) in [6.45, 7) is 8.54. The minimum Gasteiger partial charge on any atom is -0.312 e. The maximum absolute atomic E-state index is 6.08. The van der Waals surface area contributed by atoms with Crippen molar-refractivity contribution in [3.8, 4) is 0 Å². The van der Waals surface area contributed by atoms with Crippen molar-refractivity contribution in [2.45, 2.75) is 52.1 Å². The first-order chi connectivity index (χ1) is 9.99. The second kappa shape index (κ2) is 6.79. The highest BCUT2D eigenvalue weighted by Gasteiger charge is 2.17. The zero-order valence-corrected chi connectivity index (χ0v) is 14.5. The number of hydrogen-bond acceptors (Lipinski definition) is 3. The summed E-state index contributed by atoms with van der Waals surface area (Å²) >= 11 is 6.08. The Labute approximate surface area is 131 Å². The standard InChI is InChI=1S/C15H26ClN5/c1-6-12-14-15(20(5)18-12)21(13(10-16)17-14)9-7-8-19(4)11(2)3/h11H,6-10H2,1-5H3. The van der Waals surface area contributed by atoms with Crippen LogP contribution >= 0.6 is 11.6 Å². The number of alkyl halides is 1. The lowest BCUT2D eigenvalue weighted by molar-refractivity contribution is 0.265. The van der Waals surface area contributed by atoms with Crippen LogP contribution in [0.2, 0.25) is 0 Å². The van der Waals surface area contributed by atoms with Gasteiger partial charge in [0.25, 0.3) is 0 Å². The predicted molar refractivity (Wildman–Crippen MR) is 87.8 cm³/mol. The molecule has 0 aliphatic rings. The van der Waals surface area contributed by atoms with Crippen molar-refractivity contribution in [1.82, 2.24) is 24.2 Å². The van der Waals surface area contributed by atoms with E-state index in [-0.39, 0.29) is 0 Å². The first kappa shape index (κ1) is 16.3. The molecule has 0 radical (unpaired) electrons. The number of halogens is 1. The molecule has 118 valence electrons. The minimum absolute atomic E-state index is 0.442. The Bertz CT molecular complexity index is 599. The molecule has 0 aliphatic heterocycles. The van der Waals surface area contributed by atoms with Crippen LogP contribution in [0.3, 0.4) is 0 Å². The van der Waals surface area contributed by atoms with Gasteiger partial charge in [0, 0.05) is 19.6 Å². The van der Waals surface area contributed by atoms with Gasteiger partial charge in [-0.2, -0.15) is 5.10 Å². The molecule has 0 amide bonds. The van der Waals surface area contributed by atoms with Crippen LogP contribution < -0.4 is 0 Å². The van der Waals surface area contributed by atoms with Gasteiger partial charge in [-0.15, -0.1) is 11.6 Å². The van der Waals surface area contributed by atoms with Gasteiger partial charge in [0.05, 0.1) is 11.6 Å². The topological polar surface area (TPSA) is 38.9 Å². The van der Waals surface area contributed by atoms with Crippen molar-refractivity contribution >= 4 is 22.8 Å². The zero-order valence-electron chi connectivity index (χ0n) is 13.7. The molecule has 0 fully saturated rings. The van der Waals surface area contributed by atoms with E-state index in [2.05, 4.69) is 47.4 Å². The molecule has 5 nitrogen and oxygen atoms in total. The number of fused-ring (bicyclic) bond motifs is 1. The van der Waals surface area contributed by atoms with E-state index >= 15 is 0 Å². The summed E-state index contributed by atoms with van der Waals surface area (Å²) in [7, 11) is 4.15. The van der Waals surface area contributed by atoms with Gasteiger partial charge in [-0.3, -0.25) is 4.68 Å². The van der Waals surface area contributed by atoms with Crippen LogP contribution in [-0.2, 0) is 25.9 Å². The number of rotatable bonds is 7. The summed E-state index contributed by atoms with van der Waals surface area (Å²) in [5.74, 6) is 1.39. The molecule has 0 atom stereocenters. The minimum atomic E-state index is 0.442. The molecule has 2 heterocycles. The Morgan fingerprint density at radius 2 is 2.05 bits per heavy atom. The summed E-state index contributed by atoms with van der Waals surface area (Å²) in [5, 5.41) is 4.56. The number of imidazole rings is 1. The fourth-order valence-electron chi connectivity index (χ4n) is 2.60. The Hall–Kier alpha value is -1.07. The molecule has 2 rings (SSSR count). The van der Waals surface area contributed by atoms with E-state index < -0.39 is 0 Å². The van der Waals surface area contributed by atoms with Crippen LogP contribution in [0.5, 0.6) is 0 Å². The Kier molecular flexibility index (Phi) is 5.27. The van der Waals surface area contributed by atoms with Crippen molar-refractivity contribution in [3.63, 3.8) is 0 Å². The highest BCUT2D eigenvalue weighted by Crippen LogP contribution is 2.21. The average molecular weight is 312 g/mol. The second-order valence-electron chi connectivity index (χ2n) is 5.84. The summed E-state index contributed by atoms with van der Waals surface area (Å²) in [5.41, 5.74) is 3.15. The van der Waals surface area contributed by atoms with Crippen molar-refractivity contribution in [3.05, 3.63) is 11.5 Å². The van der Waals surface area contributed by atoms with E-state index in [1.807, 2.05) is 11.7 Å². The first-order valence-electron chi connectivity index (χ1n) is 7.66. The molecule has 0 saturated carbocycles. The lowest BCUT2D eigenvalue weighted by Crippen LogP contribution is -2.28. The van der Waals surface area contributed by atoms with E-state index in [4.69, 9.17) is 11.6 Å². The fraction of sp³-hybridized carbons (Fsp3) is 0.733. The highest BCUT2D eigenvalue weighted by molar-refractivity contribution is 6.16. The van der Waals surface area contributed by atoms with Crippen LogP contribution in [0.25, 0.3) is 11.2 Å². The lowest BCUT2D eigenvalue weighted by Gasteiger charge is -2.21. The lowest BCUT2D eigenvalue weighted by atomic mass is 10.3. The molecule has 2 aromatic rings. The van der Waals surface area contributed by atoms with Gasteiger partial charge in [-0.1, -0.05) is 6.92 Å². The van der Waals surface area contributed by atoms with E-state index in [1.54, 1.807) is 0 Å². The SMILES string of the molecule is CCc1nn(C)c2c1nc(CCl)n2CCCN(C)C(C)C. The number of hydrogen-bond donors (Lipinski definition) is 0. The van der Waals surface area contributed by atoms with Crippen LogP contribution in [-0.4, -0.2) is 43.9 Å². The first-order valence-corrected chi connectivity index (χ1v) is 8.20. The van der Waals surface area contributed by atoms with Crippen LogP contribution in [0.15, 0.2) is 0 Å². The summed E-state index contributed by atoms with van der Waals surface area (Å²) in [4.78, 5) is 7.05. The van der Waals surface area contributed by atoms with Gasteiger partial charge in [0.1, 0.15) is 11.3 Å². The van der Waals surface area contributed by atoms with Crippen molar-refractivity contribution < 1.29 is 0 Å². The van der Waals surface area contributed by atoms with Gasteiger partial charge >= 0.3 is 0 Å². The van der Waals surface area contributed by atoms with E-state index in [1.165, 1.54) is 0 Å². The molecule has 0 bridgehead atoms. The van der Waals surface area contributed by atoms with Crippen LogP contribution in [0.4, 0.5) is 0 Å². The smallest absolute Gasteiger partial charge is 0.158 e. The molecule has 0 aliphatic carbocycles. The van der Waals surface area contributed by atoms with E-state index in [0.717, 1.165) is 48.6 Å². The maximum atomic E-state index is 6.08. The average Bonchev–Trinajstić information content (AvgIpc) is 2.96. The third-order valence-electron chi connectivity index (χ3n) is 4.10. The van der Waals surface area contributed by atoms with Gasteiger partial charge in [-0.05, 0) is 40.3 Å². The van der Waals surface area contributed by atoms with Crippen molar-refractivity contribution in [1.29, 1.82) is 0 Å². The zero-order chi connectivity index (χ0) is 15.6. The molecule has 0 aromatic carbocycles. The molecule has 6 heteroatoms. The second-order valence-corrected chi connectivity index (χ2v) is 6.10. The molecule has 0 saturated heterocycles. The molecular formula is C15H26ClN5. The quantitative estimate of drug-likeness (QED) is 0.738. The molecule has 2 aromatic heterocycles. The Morgan fingerprint density at radius 3 is 2.62 bits per heavy atom. The largest absolute Gasteiger partial charge is 0.312 e. The number of aryl methyl sites for hydroxylation is 3. The highest BCUT2D eigenvalue weighted by atomic mass is 35.5. The third kappa shape index (κ3) is 3.24. The molecule has 0 N–H and O–H groups in total. The molecule has 21 heavy (non-hydrogen) atoms. The Balaban J connectivity index is 2.23. The van der Waals surface area contributed by atoms with Crippen LogP contribution in [0.1, 0.15) is 38.7 Å². The summed E-state index contributed by atoms with van der Waals surface area (Å²) < 4.78 is 4.16. The van der Waals surface area contributed by atoms with Gasteiger partial charge in [-0.25, -0.2) is 4.98 Å². The van der Waals surface area contributed by atoms with Gasteiger partial charge in [0.2, 0.25) is 0 Å². The molecular weight excluding hydrogens is 286 g/mol. The summed E-state index contributed by atoms with van der Waals surface area (Å²) in [6, 6.07) is 0.573. The molecule has 0 unspecified atom stereocenters. The predicted octanol–water partition coefficient (Wildman–Crippen LogP) is 2.80. The molecule has 0 spiro atoms. The van der Waals surface area contributed by atoms with Crippen molar-refractivity contribution in [2.24, 2.45) is 7.05 Å². The maximum Gasteiger partial charge on any atom is 0.158 e. The number of aromatic nitrogens is 4. The van der Waals surface area contributed by atoms with E-state index in [0.29, 0.717) is 11.9 Å². The number of nitrogens with zero attached hydrogens (tertiary/aromatic N) is 5. The fourth-order valence-corrected chi connectivity index (χ4v) is 2.80. The monoisotopic (exact) mass is 311 g/mol. The normalized spacial score (nSPS) is 12.2. The van der Waals surface area contributed by atoms with Gasteiger partial charge in [0.15, 0.2) is 5.65 Å². The van der Waals surface area contributed by atoms with Crippen LogP contribution in [0, 0.1) is 0 Å². The summed E-state index contributed by atoms with van der Waals surface area (Å²) in [6.07, 6.45) is 1.98. The third-order valence-corrected chi connectivity index (χ3v) is 4.34. The van der Waals surface area contributed by atoms with E-state index in [9.17, 15) is 0 Å². The van der Waals surface area contributed by atoms with Gasteiger partial charge < -0.3 is 9.47 Å². The Morgan fingerprint density at radius 1 is 1.33 bits per heavy atom.